The first-order chi connectivity index (χ1) is 7.60. The minimum absolute atomic E-state index is 0.0888. The van der Waals surface area contributed by atoms with Gasteiger partial charge in [0.1, 0.15) is 6.54 Å². The maximum Gasteiger partial charge on any atom is 0.254 e. The predicted molar refractivity (Wildman–Crippen MR) is 66.1 cm³/mol. The first-order valence-corrected chi connectivity index (χ1v) is 5.81. The Morgan fingerprint density at radius 1 is 1.56 bits per heavy atom. The van der Waals surface area contributed by atoms with Crippen LogP contribution in [-0.2, 0) is 0 Å². The van der Waals surface area contributed by atoms with E-state index < -0.39 is 0 Å². The Balaban J connectivity index is 3.00. The van der Waals surface area contributed by atoms with E-state index in [0.29, 0.717) is 12.1 Å². The van der Waals surface area contributed by atoms with Crippen molar-refractivity contribution in [1.29, 1.82) is 5.26 Å². The molecule has 0 saturated heterocycles. The van der Waals surface area contributed by atoms with E-state index in [1.165, 1.54) is 4.90 Å². The second-order valence-corrected chi connectivity index (χ2v) is 4.35. The molecule has 1 aromatic carbocycles. The van der Waals surface area contributed by atoms with Crippen LogP contribution in [0.5, 0.6) is 0 Å². The molecule has 0 fully saturated rings. The third-order valence-corrected chi connectivity index (χ3v) is 2.84. The molecule has 1 rings (SSSR count). The highest BCUT2D eigenvalue weighted by molar-refractivity contribution is 9.10. The summed E-state index contributed by atoms with van der Waals surface area (Å²) >= 11 is 3.35. The van der Waals surface area contributed by atoms with Crippen molar-refractivity contribution in [2.75, 3.05) is 13.1 Å². The highest BCUT2D eigenvalue weighted by Crippen LogP contribution is 2.17. The molecule has 0 aliphatic rings. The monoisotopic (exact) mass is 280 g/mol. The van der Waals surface area contributed by atoms with E-state index in [1.54, 1.807) is 6.07 Å². The van der Waals surface area contributed by atoms with Crippen LogP contribution in [0.1, 0.15) is 22.8 Å². The van der Waals surface area contributed by atoms with Gasteiger partial charge in [-0.3, -0.25) is 4.79 Å². The van der Waals surface area contributed by atoms with E-state index in [9.17, 15) is 4.79 Å². The van der Waals surface area contributed by atoms with Gasteiger partial charge >= 0.3 is 0 Å². The topological polar surface area (TPSA) is 44.1 Å². The van der Waals surface area contributed by atoms with Crippen LogP contribution < -0.4 is 0 Å². The van der Waals surface area contributed by atoms with Crippen LogP contribution in [0.15, 0.2) is 22.7 Å². The molecule has 1 aromatic rings. The van der Waals surface area contributed by atoms with Gasteiger partial charge in [0.2, 0.25) is 0 Å². The molecule has 0 aliphatic heterocycles. The molecule has 0 heterocycles. The van der Waals surface area contributed by atoms with Crippen molar-refractivity contribution >= 4 is 21.8 Å². The Morgan fingerprint density at radius 3 is 2.75 bits per heavy atom. The Bertz CT molecular complexity index is 437. The Labute approximate surface area is 104 Å². The summed E-state index contributed by atoms with van der Waals surface area (Å²) in [6.07, 6.45) is 0. The van der Waals surface area contributed by atoms with Crippen molar-refractivity contribution in [3.8, 4) is 6.07 Å². The van der Waals surface area contributed by atoms with Gasteiger partial charge in [0.15, 0.2) is 0 Å². The van der Waals surface area contributed by atoms with Crippen molar-refractivity contribution in [3.05, 3.63) is 33.8 Å². The number of amides is 1. The van der Waals surface area contributed by atoms with Gasteiger partial charge in [-0.1, -0.05) is 15.9 Å². The van der Waals surface area contributed by atoms with E-state index in [-0.39, 0.29) is 12.5 Å². The summed E-state index contributed by atoms with van der Waals surface area (Å²) in [4.78, 5) is 13.6. The lowest BCUT2D eigenvalue weighted by molar-refractivity contribution is 0.0783. The van der Waals surface area contributed by atoms with Crippen LogP contribution in [0.25, 0.3) is 0 Å². The van der Waals surface area contributed by atoms with Gasteiger partial charge in [-0.05, 0) is 37.6 Å². The van der Waals surface area contributed by atoms with E-state index >= 15 is 0 Å². The quantitative estimate of drug-likeness (QED) is 0.799. The molecule has 0 saturated carbocycles. The predicted octanol–water partition coefficient (Wildman–Crippen LogP) is 2.74. The number of hydrogen-bond acceptors (Lipinski definition) is 2. The van der Waals surface area contributed by atoms with Crippen molar-refractivity contribution in [1.82, 2.24) is 4.90 Å². The number of hydrogen-bond donors (Lipinski definition) is 0. The van der Waals surface area contributed by atoms with E-state index in [0.717, 1.165) is 10.0 Å². The minimum Gasteiger partial charge on any atom is -0.326 e. The molecule has 0 spiro atoms. The largest absolute Gasteiger partial charge is 0.326 e. The summed E-state index contributed by atoms with van der Waals surface area (Å²) in [6.45, 7) is 4.42. The highest BCUT2D eigenvalue weighted by atomic mass is 79.9. The van der Waals surface area contributed by atoms with E-state index in [1.807, 2.05) is 32.0 Å². The van der Waals surface area contributed by atoms with E-state index in [4.69, 9.17) is 5.26 Å². The van der Waals surface area contributed by atoms with Crippen molar-refractivity contribution in [2.24, 2.45) is 0 Å². The molecular weight excluding hydrogens is 268 g/mol. The van der Waals surface area contributed by atoms with Crippen molar-refractivity contribution in [3.63, 3.8) is 0 Å². The zero-order valence-corrected chi connectivity index (χ0v) is 10.9. The fourth-order valence-electron chi connectivity index (χ4n) is 1.45. The van der Waals surface area contributed by atoms with Crippen LogP contribution in [0.4, 0.5) is 0 Å². The molecule has 84 valence electrons. The Morgan fingerprint density at radius 2 is 2.25 bits per heavy atom. The highest BCUT2D eigenvalue weighted by Gasteiger charge is 2.15. The van der Waals surface area contributed by atoms with Gasteiger partial charge in [0.25, 0.3) is 5.91 Å². The standard InChI is InChI=1S/C12H13BrN2O/c1-3-15(7-6-14)12(16)11-5-4-10(13)8-9(11)2/h4-5,8H,3,7H2,1-2H3. The maximum absolute atomic E-state index is 12.1. The van der Waals surface area contributed by atoms with Crippen LogP contribution >= 0.6 is 15.9 Å². The number of aryl methyl sites for hydroxylation is 1. The average molecular weight is 281 g/mol. The minimum atomic E-state index is -0.0888. The summed E-state index contributed by atoms with van der Waals surface area (Å²) in [5, 5.41) is 8.63. The number of benzene rings is 1. The molecule has 0 aliphatic carbocycles. The lowest BCUT2D eigenvalue weighted by Crippen LogP contribution is -2.31. The maximum atomic E-state index is 12.1. The molecule has 0 aromatic heterocycles. The molecule has 1 amide bonds. The van der Waals surface area contributed by atoms with Gasteiger partial charge in [0.05, 0.1) is 6.07 Å². The molecule has 0 atom stereocenters. The number of nitriles is 1. The van der Waals surface area contributed by atoms with Crippen molar-refractivity contribution < 1.29 is 4.79 Å². The summed E-state index contributed by atoms with van der Waals surface area (Å²) < 4.78 is 0.949. The summed E-state index contributed by atoms with van der Waals surface area (Å²) in [5.41, 5.74) is 1.57. The molecule has 0 bridgehead atoms. The third-order valence-electron chi connectivity index (χ3n) is 2.35. The van der Waals surface area contributed by atoms with Crippen LogP contribution in [0.2, 0.25) is 0 Å². The third kappa shape index (κ3) is 2.83. The second kappa shape index (κ2) is 5.66. The zero-order chi connectivity index (χ0) is 12.1. The van der Waals surface area contributed by atoms with Gasteiger partial charge in [-0.25, -0.2) is 0 Å². The fraction of sp³-hybridized carbons (Fsp3) is 0.333. The van der Waals surface area contributed by atoms with E-state index in [2.05, 4.69) is 15.9 Å². The summed E-state index contributed by atoms with van der Waals surface area (Å²) in [7, 11) is 0. The first-order valence-electron chi connectivity index (χ1n) is 5.02. The Hall–Kier alpha value is -1.34. The fourth-order valence-corrected chi connectivity index (χ4v) is 1.93. The molecule has 0 unspecified atom stereocenters. The van der Waals surface area contributed by atoms with Crippen LogP contribution in [-0.4, -0.2) is 23.9 Å². The molecule has 0 radical (unpaired) electrons. The lowest BCUT2D eigenvalue weighted by atomic mass is 10.1. The number of nitrogens with zero attached hydrogens (tertiary/aromatic N) is 2. The lowest BCUT2D eigenvalue weighted by Gasteiger charge is -2.18. The van der Waals surface area contributed by atoms with Crippen LogP contribution in [0, 0.1) is 18.3 Å². The number of carbonyl (C=O) groups is 1. The summed E-state index contributed by atoms with van der Waals surface area (Å²) in [5.74, 6) is -0.0888. The normalized spacial score (nSPS) is 9.62. The molecule has 3 nitrogen and oxygen atoms in total. The van der Waals surface area contributed by atoms with Gasteiger partial charge in [-0.2, -0.15) is 5.26 Å². The molecule has 16 heavy (non-hydrogen) atoms. The van der Waals surface area contributed by atoms with Gasteiger partial charge in [0, 0.05) is 16.6 Å². The van der Waals surface area contributed by atoms with Crippen molar-refractivity contribution in [2.45, 2.75) is 13.8 Å². The molecule has 4 heteroatoms. The number of halogens is 1. The first kappa shape index (κ1) is 12.7. The zero-order valence-electron chi connectivity index (χ0n) is 9.33. The summed E-state index contributed by atoms with van der Waals surface area (Å²) in [6, 6.07) is 7.51. The number of rotatable bonds is 3. The Kier molecular flexibility index (Phi) is 4.51. The number of carbonyl (C=O) groups excluding carboxylic acids is 1. The SMILES string of the molecule is CCN(CC#N)C(=O)c1ccc(Br)cc1C. The average Bonchev–Trinajstić information content (AvgIpc) is 2.25. The molecule has 0 N–H and O–H groups in total. The van der Waals surface area contributed by atoms with Crippen LogP contribution in [0.3, 0.4) is 0 Å². The second-order valence-electron chi connectivity index (χ2n) is 3.44. The molecular formula is C12H13BrN2O. The smallest absolute Gasteiger partial charge is 0.254 e. The van der Waals surface area contributed by atoms with Gasteiger partial charge < -0.3 is 4.90 Å². The van der Waals surface area contributed by atoms with Gasteiger partial charge in [-0.15, -0.1) is 0 Å².